The van der Waals surface area contributed by atoms with Crippen molar-refractivity contribution in [1.82, 2.24) is 0 Å². The standard InChI is InChI=1S/C8H20O7P2.3Na/c1-2-3-4-5-6-7-8-14-17(12,13)15-16(9,10)11;;;/h2-8H2,1H3,(H,12,13)(H2,9,10,11);;;/q;3*+1/p-3. The molecule has 0 N–H and O–H groups in total. The molecular weight excluding hydrogens is 339 g/mol. The molecule has 0 aliphatic rings. The molecule has 7 nitrogen and oxygen atoms in total. The fourth-order valence-electron chi connectivity index (χ4n) is 1.20. The molecule has 0 rings (SSSR count). The number of rotatable bonds is 10. The Morgan fingerprint density at radius 2 is 1.30 bits per heavy atom. The van der Waals surface area contributed by atoms with Gasteiger partial charge in [0.2, 0.25) is 0 Å². The Labute approximate surface area is 186 Å². The molecule has 0 aliphatic heterocycles. The largest absolute Gasteiger partial charge is 1.00 e. The van der Waals surface area contributed by atoms with Crippen molar-refractivity contribution in [3.05, 3.63) is 0 Å². The van der Waals surface area contributed by atoms with E-state index in [2.05, 4.69) is 15.8 Å². The van der Waals surface area contributed by atoms with E-state index < -0.39 is 15.6 Å². The molecule has 0 aromatic carbocycles. The van der Waals surface area contributed by atoms with Crippen LogP contribution in [0, 0.1) is 0 Å². The van der Waals surface area contributed by atoms with Crippen molar-refractivity contribution in [2.75, 3.05) is 6.61 Å². The minimum absolute atomic E-state index is 0. The van der Waals surface area contributed by atoms with E-state index in [4.69, 9.17) is 0 Å². The van der Waals surface area contributed by atoms with Crippen LogP contribution in [0.4, 0.5) is 0 Å². The molecule has 0 heterocycles. The maximum absolute atomic E-state index is 10.8. The van der Waals surface area contributed by atoms with Crippen LogP contribution in [-0.4, -0.2) is 6.61 Å². The first-order chi connectivity index (χ1) is 7.77. The van der Waals surface area contributed by atoms with Gasteiger partial charge in [-0.2, -0.15) is 0 Å². The molecule has 0 amide bonds. The Bertz CT molecular complexity index is 300. The third kappa shape index (κ3) is 23.5. The van der Waals surface area contributed by atoms with Gasteiger partial charge in [0.05, 0.1) is 14.4 Å². The van der Waals surface area contributed by atoms with Crippen molar-refractivity contribution >= 4 is 15.6 Å². The molecule has 1 atom stereocenters. The summed E-state index contributed by atoms with van der Waals surface area (Å²) >= 11 is 0. The Balaban J connectivity index is -0.000000427. The second-order valence-electron chi connectivity index (χ2n) is 3.58. The molecule has 0 bridgehead atoms. The smallest absolute Gasteiger partial charge is 0.790 e. The van der Waals surface area contributed by atoms with Gasteiger partial charge in [-0.25, -0.2) is 0 Å². The average molecular weight is 356 g/mol. The third-order valence-electron chi connectivity index (χ3n) is 1.95. The van der Waals surface area contributed by atoms with E-state index in [1.807, 2.05) is 0 Å². The van der Waals surface area contributed by atoms with E-state index in [0.29, 0.717) is 6.42 Å². The molecule has 0 spiro atoms. The van der Waals surface area contributed by atoms with E-state index in [0.717, 1.165) is 32.1 Å². The van der Waals surface area contributed by atoms with Crippen molar-refractivity contribution in [1.29, 1.82) is 0 Å². The van der Waals surface area contributed by atoms with Gasteiger partial charge < -0.3 is 23.8 Å². The zero-order valence-electron chi connectivity index (χ0n) is 12.7. The summed E-state index contributed by atoms with van der Waals surface area (Å²) in [5, 5.41) is 0. The molecule has 0 aromatic rings. The van der Waals surface area contributed by atoms with Crippen molar-refractivity contribution < 1.29 is 121 Å². The van der Waals surface area contributed by atoms with Crippen LogP contribution in [-0.2, 0) is 18.0 Å². The van der Waals surface area contributed by atoms with Crippen LogP contribution in [0.25, 0.3) is 0 Å². The maximum atomic E-state index is 10.8. The van der Waals surface area contributed by atoms with Crippen LogP contribution in [0.3, 0.4) is 0 Å². The van der Waals surface area contributed by atoms with Gasteiger partial charge in [-0.05, 0) is 6.42 Å². The zero-order valence-corrected chi connectivity index (χ0v) is 20.5. The Hall–Kier alpha value is 3.26. The fourth-order valence-corrected chi connectivity index (χ4v) is 2.73. The number of phosphoric ester groups is 1. The van der Waals surface area contributed by atoms with E-state index in [1.54, 1.807) is 0 Å². The first-order valence-corrected chi connectivity index (χ1v) is 8.38. The van der Waals surface area contributed by atoms with Crippen LogP contribution in [0.15, 0.2) is 0 Å². The molecule has 0 aromatic heterocycles. The van der Waals surface area contributed by atoms with Crippen LogP contribution in [0.5, 0.6) is 0 Å². The monoisotopic (exact) mass is 356 g/mol. The average Bonchev–Trinajstić information content (AvgIpc) is 2.12. The van der Waals surface area contributed by atoms with E-state index in [1.165, 1.54) is 0 Å². The van der Waals surface area contributed by atoms with Crippen LogP contribution in [0.2, 0.25) is 0 Å². The Morgan fingerprint density at radius 1 is 0.850 bits per heavy atom. The molecule has 20 heavy (non-hydrogen) atoms. The van der Waals surface area contributed by atoms with Gasteiger partial charge in [-0.15, -0.1) is 0 Å². The number of hydrogen-bond acceptors (Lipinski definition) is 7. The fraction of sp³-hybridized carbons (Fsp3) is 1.00. The first kappa shape index (κ1) is 31.1. The Morgan fingerprint density at radius 3 is 1.75 bits per heavy atom. The van der Waals surface area contributed by atoms with Crippen LogP contribution >= 0.6 is 15.6 Å². The van der Waals surface area contributed by atoms with Crippen molar-refractivity contribution in [2.24, 2.45) is 0 Å². The van der Waals surface area contributed by atoms with E-state index >= 15 is 0 Å². The quantitative estimate of drug-likeness (QED) is 0.216. The second-order valence-corrected chi connectivity index (χ2v) is 6.28. The number of phosphoric acid groups is 2. The zero-order chi connectivity index (χ0) is 13.4. The third-order valence-corrected chi connectivity index (χ3v) is 4.05. The van der Waals surface area contributed by atoms with Gasteiger partial charge in [0.1, 0.15) is 0 Å². The summed E-state index contributed by atoms with van der Waals surface area (Å²) < 4.78 is 28.4. The minimum atomic E-state index is -5.56. The molecule has 0 aliphatic carbocycles. The van der Waals surface area contributed by atoms with Crippen molar-refractivity contribution in [3.8, 4) is 0 Å². The van der Waals surface area contributed by atoms with Gasteiger partial charge >= 0.3 is 88.7 Å². The van der Waals surface area contributed by atoms with Crippen molar-refractivity contribution in [3.63, 3.8) is 0 Å². The molecule has 0 fully saturated rings. The topological polar surface area (TPSA) is 122 Å². The van der Waals surface area contributed by atoms with E-state index in [9.17, 15) is 23.8 Å². The van der Waals surface area contributed by atoms with Crippen LogP contribution < -0.4 is 103 Å². The molecule has 104 valence electrons. The molecular formula is C8H17Na3O7P2. The van der Waals surface area contributed by atoms with Gasteiger partial charge in [-0.3, -0.25) is 8.88 Å². The normalized spacial score (nSPS) is 13.4. The second kappa shape index (κ2) is 17.1. The van der Waals surface area contributed by atoms with Gasteiger partial charge in [0, 0.05) is 0 Å². The molecule has 0 saturated carbocycles. The number of unbranched alkanes of at least 4 members (excludes halogenated alkanes) is 5. The molecule has 0 radical (unpaired) electrons. The number of hydrogen-bond donors (Lipinski definition) is 0. The minimum Gasteiger partial charge on any atom is -0.790 e. The predicted molar refractivity (Wildman–Crippen MR) is 55.6 cm³/mol. The van der Waals surface area contributed by atoms with Gasteiger partial charge in [0.25, 0.3) is 7.82 Å². The first-order valence-electron chi connectivity index (χ1n) is 5.46. The summed E-state index contributed by atoms with van der Waals surface area (Å²) in [7, 11) is -10.6. The summed E-state index contributed by atoms with van der Waals surface area (Å²) in [6, 6.07) is 0. The summed E-state index contributed by atoms with van der Waals surface area (Å²) in [6.45, 7) is 1.91. The van der Waals surface area contributed by atoms with Crippen molar-refractivity contribution in [2.45, 2.75) is 45.4 Å². The van der Waals surface area contributed by atoms with Gasteiger partial charge in [-0.1, -0.05) is 39.0 Å². The molecule has 1 unspecified atom stereocenters. The summed E-state index contributed by atoms with van der Waals surface area (Å²) in [4.78, 5) is 30.9. The summed E-state index contributed by atoms with van der Waals surface area (Å²) in [6.07, 6.45) is 5.52. The van der Waals surface area contributed by atoms with Gasteiger partial charge in [0.15, 0.2) is 0 Å². The van der Waals surface area contributed by atoms with E-state index in [-0.39, 0.29) is 95.3 Å². The Kier molecular flexibility index (Phi) is 26.6. The SMILES string of the molecule is CCCCCCCCOP(=O)([O-])OP(=O)([O-])[O-].[Na+].[Na+].[Na+]. The molecule has 0 saturated heterocycles. The summed E-state index contributed by atoms with van der Waals surface area (Å²) in [5.41, 5.74) is 0. The maximum Gasteiger partial charge on any atom is 1.00 e. The predicted octanol–water partition coefficient (Wildman–Crippen LogP) is -8.31. The summed E-state index contributed by atoms with van der Waals surface area (Å²) in [5.74, 6) is 0. The van der Waals surface area contributed by atoms with Crippen LogP contribution in [0.1, 0.15) is 45.4 Å². The molecule has 12 heteroatoms.